The SMILES string of the molecule is CC(Cc1cnccn1)NC(=O)C1(N2CCCC2)CCCC1. The second kappa shape index (κ2) is 6.73. The average Bonchev–Trinajstić information content (AvgIpc) is 3.20. The largest absolute Gasteiger partial charge is 0.352 e. The normalized spacial score (nSPS) is 22.6. The Labute approximate surface area is 132 Å². The third-order valence-electron chi connectivity index (χ3n) is 5.07. The summed E-state index contributed by atoms with van der Waals surface area (Å²) in [7, 11) is 0. The lowest BCUT2D eigenvalue weighted by molar-refractivity contribution is -0.133. The molecule has 0 spiro atoms. The smallest absolute Gasteiger partial charge is 0.240 e. The highest BCUT2D eigenvalue weighted by molar-refractivity contribution is 5.87. The van der Waals surface area contributed by atoms with Crippen LogP contribution in [0.4, 0.5) is 0 Å². The van der Waals surface area contributed by atoms with Crippen molar-refractivity contribution < 1.29 is 4.79 Å². The third kappa shape index (κ3) is 3.14. The molecule has 5 heteroatoms. The number of nitrogens with one attached hydrogen (secondary N) is 1. The molecule has 2 aliphatic rings. The van der Waals surface area contributed by atoms with Crippen LogP contribution in [0.25, 0.3) is 0 Å². The number of aromatic nitrogens is 2. The number of carbonyl (C=O) groups excluding carboxylic acids is 1. The molecular formula is C17H26N4O. The quantitative estimate of drug-likeness (QED) is 0.903. The van der Waals surface area contributed by atoms with Crippen LogP contribution in [0.15, 0.2) is 18.6 Å². The molecule has 0 bridgehead atoms. The molecule has 1 amide bonds. The van der Waals surface area contributed by atoms with Gasteiger partial charge in [-0.15, -0.1) is 0 Å². The Bertz CT molecular complexity index is 493. The van der Waals surface area contributed by atoms with E-state index in [4.69, 9.17) is 0 Å². The summed E-state index contributed by atoms with van der Waals surface area (Å²) in [6, 6.07) is 0.0873. The van der Waals surface area contributed by atoms with Crippen LogP contribution >= 0.6 is 0 Å². The summed E-state index contributed by atoms with van der Waals surface area (Å²) in [4.78, 5) is 23.8. The van der Waals surface area contributed by atoms with E-state index in [0.717, 1.165) is 38.0 Å². The molecule has 2 fully saturated rings. The van der Waals surface area contributed by atoms with Gasteiger partial charge >= 0.3 is 0 Å². The van der Waals surface area contributed by atoms with Crippen molar-refractivity contribution in [2.45, 2.75) is 63.5 Å². The van der Waals surface area contributed by atoms with Crippen molar-refractivity contribution in [3.05, 3.63) is 24.3 Å². The topological polar surface area (TPSA) is 58.1 Å². The molecule has 1 N–H and O–H groups in total. The molecule has 120 valence electrons. The van der Waals surface area contributed by atoms with Gasteiger partial charge in [0.05, 0.1) is 5.69 Å². The van der Waals surface area contributed by atoms with Gasteiger partial charge in [0.15, 0.2) is 0 Å². The summed E-state index contributed by atoms with van der Waals surface area (Å²) in [5.74, 6) is 0.225. The molecule has 1 aromatic heterocycles. The van der Waals surface area contributed by atoms with Gasteiger partial charge in [0.25, 0.3) is 0 Å². The molecular weight excluding hydrogens is 276 g/mol. The van der Waals surface area contributed by atoms with Gasteiger partial charge in [-0.25, -0.2) is 0 Å². The van der Waals surface area contributed by atoms with Crippen LogP contribution in [-0.4, -0.2) is 45.4 Å². The lowest BCUT2D eigenvalue weighted by Crippen LogP contribution is -2.58. The number of carbonyl (C=O) groups is 1. The van der Waals surface area contributed by atoms with Gasteiger partial charge in [-0.05, 0) is 45.7 Å². The number of rotatable bonds is 5. The van der Waals surface area contributed by atoms with Crippen molar-refractivity contribution in [1.82, 2.24) is 20.2 Å². The molecule has 0 radical (unpaired) electrons. The van der Waals surface area contributed by atoms with Crippen molar-refractivity contribution in [1.29, 1.82) is 0 Å². The predicted molar refractivity (Wildman–Crippen MR) is 85.3 cm³/mol. The van der Waals surface area contributed by atoms with Crippen LogP contribution in [0, 0.1) is 0 Å². The molecule has 1 aliphatic carbocycles. The second-order valence-corrected chi connectivity index (χ2v) is 6.71. The van der Waals surface area contributed by atoms with Crippen LogP contribution < -0.4 is 5.32 Å². The maximum Gasteiger partial charge on any atom is 0.240 e. The molecule has 3 rings (SSSR count). The minimum atomic E-state index is -0.243. The predicted octanol–water partition coefficient (Wildman–Crippen LogP) is 1.93. The molecule has 22 heavy (non-hydrogen) atoms. The van der Waals surface area contributed by atoms with Gasteiger partial charge in [0.2, 0.25) is 5.91 Å². The van der Waals surface area contributed by atoms with Crippen LogP contribution in [0.3, 0.4) is 0 Å². The first-order valence-electron chi connectivity index (χ1n) is 8.52. The van der Waals surface area contributed by atoms with E-state index < -0.39 is 0 Å². The van der Waals surface area contributed by atoms with E-state index in [1.54, 1.807) is 18.6 Å². The summed E-state index contributed by atoms with van der Waals surface area (Å²) in [6.07, 6.45) is 12.7. The van der Waals surface area contributed by atoms with Gasteiger partial charge in [-0.2, -0.15) is 0 Å². The van der Waals surface area contributed by atoms with Gasteiger partial charge in [-0.1, -0.05) is 12.8 Å². The van der Waals surface area contributed by atoms with E-state index in [9.17, 15) is 4.79 Å². The van der Waals surface area contributed by atoms with Crippen LogP contribution in [0.1, 0.15) is 51.1 Å². The van der Waals surface area contributed by atoms with Crippen LogP contribution in [0.5, 0.6) is 0 Å². The van der Waals surface area contributed by atoms with Crippen molar-refractivity contribution in [3.63, 3.8) is 0 Å². The van der Waals surface area contributed by atoms with Crippen LogP contribution in [-0.2, 0) is 11.2 Å². The fourth-order valence-electron chi connectivity index (χ4n) is 3.95. The Morgan fingerprint density at radius 3 is 2.64 bits per heavy atom. The fraction of sp³-hybridized carbons (Fsp3) is 0.706. The van der Waals surface area contributed by atoms with Crippen molar-refractivity contribution >= 4 is 5.91 Å². The highest BCUT2D eigenvalue weighted by atomic mass is 16.2. The fourth-order valence-corrected chi connectivity index (χ4v) is 3.95. The maximum absolute atomic E-state index is 13.0. The summed E-state index contributed by atoms with van der Waals surface area (Å²) in [6.45, 7) is 4.21. The highest BCUT2D eigenvalue weighted by Crippen LogP contribution is 2.37. The minimum absolute atomic E-state index is 0.0873. The number of hydrogen-bond donors (Lipinski definition) is 1. The van der Waals surface area contributed by atoms with Crippen molar-refractivity contribution in [2.75, 3.05) is 13.1 Å². The Morgan fingerprint density at radius 2 is 2.00 bits per heavy atom. The summed E-state index contributed by atoms with van der Waals surface area (Å²) in [5, 5.41) is 3.24. The Balaban J connectivity index is 1.64. The number of likely N-dealkylation sites (tertiary alicyclic amines) is 1. The van der Waals surface area contributed by atoms with Gasteiger partial charge in [0.1, 0.15) is 5.54 Å². The van der Waals surface area contributed by atoms with Gasteiger partial charge in [-0.3, -0.25) is 19.7 Å². The van der Waals surface area contributed by atoms with E-state index in [1.165, 1.54) is 25.7 Å². The first kappa shape index (κ1) is 15.4. The molecule has 1 saturated carbocycles. The maximum atomic E-state index is 13.0. The van der Waals surface area contributed by atoms with E-state index >= 15 is 0 Å². The molecule has 0 aromatic carbocycles. The lowest BCUT2D eigenvalue weighted by atomic mass is 9.93. The highest BCUT2D eigenvalue weighted by Gasteiger charge is 2.46. The van der Waals surface area contributed by atoms with Gasteiger partial charge < -0.3 is 5.32 Å². The molecule has 1 saturated heterocycles. The van der Waals surface area contributed by atoms with Gasteiger partial charge in [0, 0.05) is 31.1 Å². The number of nitrogens with zero attached hydrogens (tertiary/aromatic N) is 3. The second-order valence-electron chi connectivity index (χ2n) is 6.71. The zero-order valence-electron chi connectivity index (χ0n) is 13.4. The summed E-state index contributed by atoms with van der Waals surface area (Å²) in [5.41, 5.74) is 0.685. The summed E-state index contributed by atoms with van der Waals surface area (Å²) < 4.78 is 0. The van der Waals surface area contributed by atoms with E-state index in [1.807, 2.05) is 0 Å². The number of amides is 1. The Morgan fingerprint density at radius 1 is 1.27 bits per heavy atom. The third-order valence-corrected chi connectivity index (χ3v) is 5.07. The first-order chi connectivity index (χ1) is 10.7. The average molecular weight is 302 g/mol. The van der Waals surface area contributed by atoms with E-state index in [2.05, 4.69) is 27.1 Å². The summed E-state index contributed by atoms with van der Waals surface area (Å²) >= 11 is 0. The molecule has 1 unspecified atom stereocenters. The van der Waals surface area contributed by atoms with E-state index in [0.29, 0.717) is 0 Å². The Kier molecular flexibility index (Phi) is 4.71. The minimum Gasteiger partial charge on any atom is -0.352 e. The molecule has 5 nitrogen and oxygen atoms in total. The van der Waals surface area contributed by atoms with Crippen LogP contribution in [0.2, 0.25) is 0 Å². The Hall–Kier alpha value is -1.49. The molecule has 1 atom stereocenters. The zero-order chi connectivity index (χ0) is 15.4. The van der Waals surface area contributed by atoms with Crippen molar-refractivity contribution in [2.24, 2.45) is 0 Å². The molecule has 2 heterocycles. The molecule has 1 aromatic rings. The molecule has 1 aliphatic heterocycles. The van der Waals surface area contributed by atoms with E-state index in [-0.39, 0.29) is 17.5 Å². The standard InChI is InChI=1S/C17H26N4O/c1-14(12-15-13-18-8-9-19-15)20-16(22)17(6-2-3-7-17)21-10-4-5-11-21/h8-9,13-14H,2-7,10-12H2,1H3,(H,20,22). The first-order valence-corrected chi connectivity index (χ1v) is 8.52. The number of hydrogen-bond acceptors (Lipinski definition) is 4. The lowest BCUT2D eigenvalue weighted by Gasteiger charge is -2.38. The van der Waals surface area contributed by atoms with Crippen molar-refractivity contribution in [3.8, 4) is 0 Å². The monoisotopic (exact) mass is 302 g/mol. The zero-order valence-corrected chi connectivity index (χ0v) is 13.4.